The van der Waals surface area contributed by atoms with Crippen LogP contribution < -0.4 is 0 Å². The first-order chi connectivity index (χ1) is 16.1. The molecule has 2 aliphatic carbocycles. The van der Waals surface area contributed by atoms with Gasteiger partial charge in [0.25, 0.3) is 0 Å². The lowest BCUT2D eigenvalue weighted by Gasteiger charge is -2.40. The molecule has 0 bridgehead atoms. The molecule has 1 amide bonds. The lowest BCUT2D eigenvalue weighted by molar-refractivity contribution is -0.141. The molecule has 0 radical (unpaired) electrons. The molecule has 4 rings (SSSR count). The van der Waals surface area contributed by atoms with Gasteiger partial charge in [0.15, 0.2) is 0 Å². The Morgan fingerprint density at radius 3 is 1.97 bits per heavy atom. The zero-order chi connectivity index (χ0) is 23.0. The molecule has 1 heterocycles. The third-order valence-electron chi connectivity index (χ3n) is 8.24. The monoisotopic (exact) mass is 451 g/mol. The van der Waals surface area contributed by atoms with Crippen LogP contribution >= 0.6 is 0 Å². The number of amides is 1. The third-order valence-corrected chi connectivity index (χ3v) is 8.24. The number of ether oxygens (including phenoxy) is 1. The molecule has 1 aromatic carbocycles. The van der Waals surface area contributed by atoms with E-state index >= 15 is 0 Å². The summed E-state index contributed by atoms with van der Waals surface area (Å²) in [5.41, 5.74) is 3.56. The number of carbonyl (C=O) groups is 2. The molecule has 0 spiro atoms. The summed E-state index contributed by atoms with van der Waals surface area (Å²) in [6.07, 6.45) is 17.5. The fraction of sp³-hybridized carbons (Fsp3) is 0.655. The zero-order valence-corrected chi connectivity index (χ0v) is 20.4. The van der Waals surface area contributed by atoms with Crippen LogP contribution in [-0.2, 0) is 20.7 Å². The molecule has 1 aliphatic heterocycles. The van der Waals surface area contributed by atoms with Crippen molar-refractivity contribution in [1.29, 1.82) is 0 Å². The summed E-state index contributed by atoms with van der Waals surface area (Å²) in [7, 11) is 1.42. The van der Waals surface area contributed by atoms with Crippen molar-refractivity contribution in [2.75, 3.05) is 20.2 Å². The van der Waals surface area contributed by atoms with Gasteiger partial charge >= 0.3 is 5.97 Å². The number of methoxy groups -OCH3 is 1. The third kappa shape index (κ3) is 6.49. The number of carbonyl (C=O) groups excluding carboxylic acids is 2. The normalized spacial score (nSPS) is 20.7. The van der Waals surface area contributed by atoms with Crippen molar-refractivity contribution in [3.63, 3.8) is 0 Å². The quantitative estimate of drug-likeness (QED) is 0.485. The van der Waals surface area contributed by atoms with Crippen molar-refractivity contribution in [2.45, 2.75) is 83.5 Å². The fourth-order valence-electron chi connectivity index (χ4n) is 6.35. The van der Waals surface area contributed by atoms with Crippen molar-refractivity contribution in [3.05, 3.63) is 41.0 Å². The first-order valence-electron chi connectivity index (χ1n) is 13.3. The van der Waals surface area contributed by atoms with E-state index in [1.54, 1.807) is 0 Å². The highest BCUT2D eigenvalue weighted by molar-refractivity contribution is 5.80. The highest BCUT2D eigenvalue weighted by Crippen LogP contribution is 2.41. The number of rotatable bonds is 6. The molecule has 4 nitrogen and oxygen atoms in total. The van der Waals surface area contributed by atoms with Crippen LogP contribution in [0.5, 0.6) is 0 Å². The van der Waals surface area contributed by atoms with Gasteiger partial charge in [-0.3, -0.25) is 9.59 Å². The smallest absolute Gasteiger partial charge is 0.309 e. The standard InChI is InChI=1S/C29H41NO3/c1-33-27(31)21-23-14-12-22(13-15-23)20-24-16-18-30(19-17-24)29(32)28(25-8-4-2-5-9-25)26-10-6-3-7-11-26/h12-15,20,25-26,28H,2-11,16-19,21H2,1H3. The predicted molar refractivity (Wildman–Crippen MR) is 133 cm³/mol. The minimum atomic E-state index is -0.210. The first-order valence-corrected chi connectivity index (χ1v) is 13.3. The molecule has 3 fully saturated rings. The molecule has 1 saturated heterocycles. The summed E-state index contributed by atoms with van der Waals surface area (Å²) < 4.78 is 4.75. The van der Waals surface area contributed by atoms with E-state index in [1.807, 2.05) is 12.1 Å². The lowest BCUT2D eigenvalue weighted by atomic mass is 9.69. The molecular formula is C29H41NO3. The van der Waals surface area contributed by atoms with Gasteiger partial charge in [0.05, 0.1) is 13.5 Å². The van der Waals surface area contributed by atoms with Crippen molar-refractivity contribution < 1.29 is 14.3 Å². The van der Waals surface area contributed by atoms with Crippen LogP contribution in [0, 0.1) is 17.8 Å². The van der Waals surface area contributed by atoms with Crippen molar-refractivity contribution >= 4 is 18.0 Å². The van der Waals surface area contributed by atoms with Crippen LogP contribution in [0.2, 0.25) is 0 Å². The first kappa shape index (κ1) is 24.0. The number of hydrogen-bond donors (Lipinski definition) is 0. The number of benzene rings is 1. The molecule has 0 N–H and O–H groups in total. The van der Waals surface area contributed by atoms with E-state index in [2.05, 4.69) is 23.1 Å². The maximum absolute atomic E-state index is 13.8. The van der Waals surface area contributed by atoms with Crippen LogP contribution in [0.1, 0.15) is 88.2 Å². The Hall–Kier alpha value is -2.10. The van der Waals surface area contributed by atoms with Gasteiger partial charge in [-0.05, 0) is 61.5 Å². The number of likely N-dealkylation sites (tertiary alicyclic amines) is 1. The Kier molecular flexibility index (Phi) is 8.63. The van der Waals surface area contributed by atoms with Gasteiger partial charge < -0.3 is 9.64 Å². The van der Waals surface area contributed by atoms with Gasteiger partial charge in [0.2, 0.25) is 5.91 Å². The summed E-state index contributed by atoms with van der Waals surface area (Å²) in [4.78, 5) is 27.4. The molecule has 0 atom stereocenters. The topological polar surface area (TPSA) is 46.6 Å². The van der Waals surface area contributed by atoms with Gasteiger partial charge in [0.1, 0.15) is 0 Å². The average molecular weight is 452 g/mol. The maximum atomic E-state index is 13.8. The molecule has 180 valence electrons. The molecule has 0 aromatic heterocycles. The van der Waals surface area contributed by atoms with E-state index in [9.17, 15) is 9.59 Å². The molecule has 0 unspecified atom stereocenters. The van der Waals surface area contributed by atoms with E-state index in [0.29, 0.717) is 24.2 Å². The zero-order valence-electron chi connectivity index (χ0n) is 20.4. The van der Waals surface area contributed by atoms with E-state index in [4.69, 9.17) is 4.74 Å². The number of esters is 1. The van der Waals surface area contributed by atoms with Crippen molar-refractivity contribution in [3.8, 4) is 0 Å². The summed E-state index contributed by atoms with van der Waals surface area (Å²) >= 11 is 0. The van der Waals surface area contributed by atoms with Crippen LogP contribution in [0.3, 0.4) is 0 Å². The number of piperidine rings is 1. The van der Waals surface area contributed by atoms with Crippen molar-refractivity contribution in [1.82, 2.24) is 4.90 Å². The molecule has 4 heteroatoms. The maximum Gasteiger partial charge on any atom is 0.309 e. The van der Waals surface area contributed by atoms with E-state index in [0.717, 1.165) is 31.5 Å². The van der Waals surface area contributed by atoms with Crippen LogP contribution in [-0.4, -0.2) is 37.0 Å². The van der Waals surface area contributed by atoms with Gasteiger partial charge in [-0.2, -0.15) is 0 Å². The SMILES string of the molecule is COC(=O)Cc1ccc(C=C2CCN(C(=O)C(C3CCCCC3)C3CCCCC3)CC2)cc1. The van der Waals surface area contributed by atoms with Crippen LogP contribution in [0.15, 0.2) is 29.8 Å². The summed E-state index contributed by atoms with van der Waals surface area (Å²) in [6.45, 7) is 1.72. The Balaban J connectivity index is 1.36. The van der Waals surface area contributed by atoms with Crippen molar-refractivity contribution in [2.24, 2.45) is 17.8 Å². The minimum absolute atomic E-state index is 0.210. The Morgan fingerprint density at radius 2 is 1.45 bits per heavy atom. The Morgan fingerprint density at radius 1 is 0.909 bits per heavy atom. The summed E-state index contributed by atoms with van der Waals surface area (Å²) in [5, 5.41) is 0. The Bertz CT molecular complexity index is 788. The summed E-state index contributed by atoms with van der Waals surface area (Å²) in [5.74, 6) is 1.78. The van der Waals surface area contributed by atoms with Crippen LogP contribution in [0.4, 0.5) is 0 Å². The molecule has 1 aromatic rings. The van der Waals surface area contributed by atoms with Gasteiger partial charge in [-0.25, -0.2) is 0 Å². The molecular weight excluding hydrogens is 410 g/mol. The van der Waals surface area contributed by atoms with Gasteiger partial charge in [0, 0.05) is 19.0 Å². The minimum Gasteiger partial charge on any atom is -0.469 e. The highest BCUT2D eigenvalue weighted by atomic mass is 16.5. The summed E-state index contributed by atoms with van der Waals surface area (Å²) in [6, 6.07) is 8.15. The molecule has 33 heavy (non-hydrogen) atoms. The lowest BCUT2D eigenvalue weighted by Crippen LogP contribution is -2.45. The number of hydrogen-bond acceptors (Lipinski definition) is 3. The largest absolute Gasteiger partial charge is 0.469 e. The number of nitrogens with zero attached hydrogens (tertiary/aromatic N) is 1. The predicted octanol–water partition coefficient (Wildman–Crippen LogP) is 6.18. The fourth-order valence-corrected chi connectivity index (χ4v) is 6.35. The van der Waals surface area contributed by atoms with E-state index in [1.165, 1.54) is 82.5 Å². The molecule has 2 saturated carbocycles. The van der Waals surface area contributed by atoms with Gasteiger partial charge in [-0.15, -0.1) is 0 Å². The van der Waals surface area contributed by atoms with Gasteiger partial charge in [-0.1, -0.05) is 74.4 Å². The van der Waals surface area contributed by atoms with E-state index < -0.39 is 0 Å². The van der Waals surface area contributed by atoms with Crippen LogP contribution in [0.25, 0.3) is 6.08 Å². The second-order valence-electron chi connectivity index (χ2n) is 10.4. The molecule has 3 aliphatic rings. The second kappa shape index (κ2) is 11.9. The van der Waals surface area contributed by atoms with E-state index in [-0.39, 0.29) is 11.9 Å². The second-order valence-corrected chi connectivity index (χ2v) is 10.4. The Labute approximate surface area is 199 Å². The average Bonchev–Trinajstić information content (AvgIpc) is 2.87. The highest BCUT2D eigenvalue weighted by Gasteiger charge is 2.38.